The minimum absolute atomic E-state index is 0.130. The fourth-order valence-corrected chi connectivity index (χ4v) is 5.38. The Morgan fingerprint density at radius 3 is 2.50 bits per heavy atom. The van der Waals surface area contributed by atoms with Crippen LogP contribution < -0.4 is 10.0 Å². The van der Waals surface area contributed by atoms with E-state index in [0.717, 1.165) is 18.4 Å². The van der Waals surface area contributed by atoms with Crippen LogP contribution in [0.2, 0.25) is 0 Å². The maximum atomic E-state index is 12.9. The summed E-state index contributed by atoms with van der Waals surface area (Å²) in [6.45, 7) is 5.43. The van der Waals surface area contributed by atoms with Gasteiger partial charge in [0.1, 0.15) is 6.04 Å². The van der Waals surface area contributed by atoms with Gasteiger partial charge in [-0.05, 0) is 42.4 Å². The average Bonchev–Trinajstić information content (AvgIpc) is 2.97. The third-order valence-corrected chi connectivity index (χ3v) is 7.73. The molecule has 1 aromatic rings. The molecule has 3 heterocycles. The molecule has 1 unspecified atom stereocenters. The van der Waals surface area contributed by atoms with Crippen molar-refractivity contribution in [1.29, 1.82) is 0 Å². The van der Waals surface area contributed by atoms with Crippen LogP contribution in [-0.2, 0) is 26.3 Å². The van der Waals surface area contributed by atoms with Crippen molar-refractivity contribution >= 4 is 33.6 Å². The summed E-state index contributed by atoms with van der Waals surface area (Å²) in [5.41, 5.74) is 1.55. The van der Waals surface area contributed by atoms with Crippen molar-refractivity contribution in [3.63, 3.8) is 0 Å². The first-order valence-electron chi connectivity index (χ1n) is 10.1. The van der Waals surface area contributed by atoms with E-state index in [1.807, 2.05) is 0 Å². The van der Waals surface area contributed by atoms with Crippen LogP contribution in [0.3, 0.4) is 0 Å². The Labute approximate surface area is 176 Å². The van der Waals surface area contributed by atoms with Gasteiger partial charge in [-0.15, -0.1) is 0 Å². The highest BCUT2D eigenvalue weighted by molar-refractivity contribution is 7.90. The Bertz CT molecular complexity index is 1010. The van der Waals surface area contributed by atoms with E-state index >= 15 is 0 Å². The Balaban J connectivity index is 1.48. The monoisotopic (exact) mass is 434 g/mol. The Morgan fingerprint density at radius 2 is 1.83 bits per heavy atom. The van der Waals surface area contributed by atoms with E-state index in [1.54, 1.807) is 12.1 Å². The van der Waals surface area contributed by atoms with Crippen molar-refractivity contribution < 1.29 is 22.8 Å². The van der Waals surface area contributed by atoms with Crippen molar-refractivity contribution in [2.24, 2.45) is 5.41 Å². The van der Waals surface area contributed by atoms with Gasteiger partial charge in [-0.3, -0.25) is 24.4 Å². The van der Waals surface area contributed by atoms with Crippen molar-refractivity contribution in [3.8, 4) is 0 Å². The van der Waals surface area contributed by atoms with Gasteiger partial charge in [0, 0.05) is 31.6 Å². The number of anilines is 1. The lowest BCUT2D eigenvalue weighted by molar-refractivity contribution is -0.136. The number of piperidine rings is 2. The molecule has 3 amide bonds. The number of amides is 3. The molecule has 10 heteroatoms. The Hall–Kier alpha value is -2.46. The van der Waals surface area contributed by atoms with Gasteiger partial charge in [-0.25, -0.2) is 0 Å². The first-order chi connectivity index (χ1) is 14.1. The number of nitrogens with one attached hydrogen (secondary N) is 2. The molecular formula is C20H26N4O5S. The summed E-state index contributed by atoms with van der Waals surface area (Å²) >= 11 is 0. The lowest BCUT2D eigenvalue weighted by atomic mass is 9.83. The molecule has 1 atom stereocenters. The summed E-state index contributed by atoms with van der Waals surface area (Å²) in [4.78, 5) is 37.8. The van der Waals surface area contributed by atoms with Gasteiger partial charge in [0.15, 0.2) is 0 Å². The zero-order chi connectivity index (χ0) is 21.7. The molecule has 0 aromatic heterocycles. The van der Waals surface area contributed by atoms with Crippen LogP contribution in [0.5, 0.6) is 0 Å². The minimum Gasteiger partial charge on any atom is -0.322 e. The summed E-state index contributed by atoms with van der Waals surface area (Å²) in [6, 6.07) is 4.16. The maximum Gasteiger partial charge on any atom is 0.301 e. The number of imide groups is 1. The smallest absolute Gasteiger partial charge is 0.301 e. The second kappa shape index (κ2) is 7.35. The van der Waals surface area contributed by atoms with Crippen LogP contribution in [0.25, 0.3) is 0 Å². The molecule has 3 aliphatic heterocycles. The molecule has 2 saturated heterocycles. The van der Waals surface area contributed by atoms with Crippen LogP contribution in [0, 0.1) is 5.41 Å². The summed E-state index contributed by atoms with van der Waals surface area (Å²) in [7, 11) is -3.71. The van der Waals surface area contributed by atoms with E-state index in [2.05, 4.69) is 23.9 Å². The van der Waals surface area contributed by atoms with Gasteiger partial charge in [-0.1, -0.05) is 19.9 Å². The zero-order valence-corrected chi connectivity index (χ0v) is 17.9. The number of hydrogen-bond donors (Lipinski definition) is 2. The number of fused-ring (bicyclic) bond motifs is 1. The van der Waals surface area contributed by atoms with E-state index in [1.165, 1.54) is 15.3 Å². The quantitative estimate of drug-likeness (QED) is 0.692. The van der Waals surface area contributed by atoms with Gasteiger partial charge in [0.2, 0.25) is 11.8 Å². The number of benzene rings is 1. The highest BCUT2D eigenvalue weighted by Gasteiger charge is 2.39. The maximum absolute atomic E-state index is 12.9. The highest BCUT2D eigenvalue weighted by atomic mass is 32.2. The normalized spacial score (nSPS) is 24.5. The van der Waals surface area contributed by atoms with Crippen LogP contribution in [0.4, 0.5) is 5.69 Å². The minimum atomic E-state index is -3.71. The fraction of sp³-hybridized carbons (Fsp3) is 0.550. The number of carbonyl (C=O) groups is 3. The van der Waals surface area contributed by atoms with Crippen LogP contribution in [0.1, 0.15) is 55.5 Å². The third kappa shape index (κ3) is 3.93. The largest absolute Gasteiger partial charge is 0.322 e. The lowest BCUT2D eigenvalue weighted by Gasteiger charge is -2.36. The van der Waals surface area contributed by atoms with Crippen molar-refractivity contribution in [1.82, 2.24) is 14.5 Å². The van der Waals surface area contributed by atoms with Crippen molar-refractivity contribution in [2.45, 2.75) is 52.1 Å². The molecule has 9 nitrogen and oxygen atoms in total. The molecule has 2 N–H and O–H groups in total. The number of hydrogen-bond acceptors (Lipinski definition) is 5. The highest BCUT2D eigenvalue weighted by Crippen LogP contribution is 2.32. The Morgan fingerprint density at radius 1 is 1.13 bits per heavy atom. The first-order valence-corrected chi connectivity index (χ1v) is 11.6. The second-order valence-electron chi connectivity index (χ2n) is 8.94. The van der Waals surface area contributed by atoms with E-state index in [-0.39, 0.29) is 36.6 Å². The van der Waals surface area contributed by atoms with Crippen molar-refractivity contribution in [3.05, 3.63) is 29.3 Å². The first kappa shape index (κ1) is 20.8. The molecule has 162 valence electrons. The van der Waals surface area contributed by atoms with Gasteiger partial charge in [-0.2, -0.15) is 12.7 Å². The molecule has 0 aliphatic carbocycles. The summed E-state index contributed by atoms with van der Waals surface area (Å²) < 4.78 is 29.5. The molecular weight excluding hydrogens is 408 g/mol. The molecule has 4 rings (SSSR count). The standard InChI is InChI=1S/C20H26N4O5S/c1-20(2)7-9-23(10-8-20)30(28,29)22-14-4-3-13-12-24(19(27)15(13)11-14)16-5-6-17(25)21-18(16)26/h3-4,11,16,22H,5-10,12H2,1-2H3,(H,21,25,26). The lowest BCUT2D eigenvalue weighted by Crippen LogP contribution is -2.52. The molecule has 0 bridgehead atoms. The molecule has 0 saturated carbocycles. The second-order valence-corrected chi connectivity index (χ2v) is 10.6. The van der Waals surface area contributed by atoms with Crippen molar-refractivity contribution in [2.75, 3.05) is 17.8 Å². The summed E-state index contributed by atoms with van der Waals surface area (Å²) in [5.74, 6) is -1.14. The number of carbonyl (C=O) groups excluding carboxylic acids is 3. The van der Waals surface area contributed by atoms with Gasteiger partial charge in [0.05, 0.1) is 5.69 Å². The average molecular weight is 435 g/mol. The number of rotatable bonds is 4. The summed E-state index contributed by atoms with van der Waals surface area (Å²) in [5, 5.41) is 2.27. The summed E-state index contributed by atoms with van der Waals surface area (Å²) in [6.07, 6.45) is 2.05. The van der Waals surface area contributed by atoms with E-state index in [0.29, 0.717) is 24.3 Å². The molecule has 2 fully saturated rings. The molecule has 30 heavy (non-hydrogen) atoms. The topological polar surface area (TPSA) is 116 Å². The van der Waals surface area contributed by atoms with Gasteiger partial charge < -0.3 is 4.90 Å². The van der Waals surface area contributed by atoms with Crippen LogP contribution in [-0.4, -0.2) is 54.5 Å². The van der Waals surface area contributed by atoms with E-state index < -0.39 is 22.2 Å². The predicted octanol–water partition coefficient (Wildman–Crippen LogP) is 1.23. The van der Waals surface area contributed by atoms with E-state index in [4.69, 9.17) is 0 Å². The molecule has 1 aromatic carbocycles. The SMILES string of the molecule is CC1(C)CCN(S(=O)(=O)Nc2ccc3c(c2)C(=O)N(C2CCC(=O)NC2=O)C3)CC1. The van der Waals surface area contributed by atoms with Gasteiger partial charge >= 0.3 is 10.2 Å². The third-order valence-electron chi connectivity index (χ3n) is 6.19. The molecule has 0 radical (unpaired) electrons. The fourth-order valence-electron chi connectivity index (χ4n) is 4.16. The predicted molar refractivity (Wildman–Crippen MR) is 110 cm³/mol. The van der Waals surface area contributed by atoms with Gasteiger partial charge in [0.25, 0.3) is 5.91 Å². The molecule has 0 spiro atoms. The molecule has 3 aliphatic rings. The van der Waals surface area contributed by atoms with Crippen LogP contribution >= 0.6 is 0 Å². The van der Waals surface area contributed by atoms with E-state index in [9.17, 15) is 22.8 Å². The number of nitrogens with zero attached hydrogens (tertiary/aromatic N) is 2. The van der Waals surface area contributed by atoms with Crippen LogP contribution in [0.15, 0.2) is 18.2 Å². The zero-order valence-electron chi connectivity index (χ0n) is 17.1. The Kier molecular flexibility index (Phi) is 5.09.